The van der Waals surface area contributed by atoms with Gasteiger partial charge in [-0.1, -0.05) is 12.1 Å². The number of nitro benzene ring substituents is 1. The number of carbonyl (C=O) groups is 1. The quantitative estimate of drug-likeness (QED) is 0.217. The number of rotatable bonds is 8. The van der Waals surface area contributed by atoms with E-state index in [-0.39, 0.29) is 11.3 Å². The third-order valence-corrected chi connectivity index (χ3v) is 6.14. The molecular weight excluding hydrogens is 452 g/mol. The Morgan fingerprint density at radius 3 is 2.97 bits per heavy atom. The molecule has 0 unspecified atom stereocenters. The standard InChI is InChI=1S/C21H16N4O5S2/c1-2-29-13-7-9-16-18(11-13)31-21(23-16)32-19-10-8-14(30-19)12-22-24-20(26)15-5-3-4-6-17(15)25(27)28/h3-12H,2H2,1H3,(H,24,26). The first-order chi connectivity index (χ1) is 15.5. The number of nitro groups is 1. The van der Waals surface area contributed by atoms with Gasteiger partial charge in [0.15, 0.2) is 9.43 Å². The van der Waals surface area contributed by atoms with Crippen LogP contribution in [0.1, 0.15) is 23.0 Å². The van der Waals surface area contributed by atoms with Crippen molar-refractivity contribution in [3.05, 3.63) is 76.0 Å². The molecule has 0 aliphatic heterocycles. The number of nitrogens with one attached hydrogen (secondary N) is 1. The van der Waals surface area contributed by atoms with Crippen molar-refractivity contribution in [3.63, 3.8) is 0 Å². The number of hydrogen-bond acceptors (Lipinski definition) is 9. The highest BCUT2D eigenvalue weighted by atomic mass is 32.2. The maximum atomic E-state index is 12.2. The molecule has 0 saturated heterocycles. The topological polar surface area (TPSA) is 120 Å². The van der Waals surface area contributed by atoms with Crippen LogP contribution in [0.15, 0.2) is 73.5 Å². The van der Waals surface area contributed by atoms with Crippen LogP contribution in [0.3, 0.4) is 0 Å². The van der Waals surface area contributed by atoms with Gasteiger partial charge in [0.25, 0.3) is 11.6 Å². The van der Waals surface area contributed by atoms with Crippen molar-refractivity contribution >= 4 is 51.1 Å². The summed E-state index contributed by atoms with van der Waals surface area (Å²) < 4.78 is 13.0. The molecule has 1 N–H and O–H groups in total. The van der Waals surface area contributed by atoms with Crippen LogP contribution in [0.4, 0.5) is 5.69 Å². The van der Waals surface area contributed by atoms with E-state index in [9.17, 15) is 14.9 Å². The van der Waals surface area contributed by atoms with E-state index in [1.54, 1.807) is 18.2 Å². The van der Waals surface area contributed by atoms with E-state index in [0.29, 0.717) is 17.5 Å². The van der Waals surface area contributed by atoms with Gasteiger partial charge in [-0.15, -0.1) is 11.3 Å². The molecule has 0 atom stereocenters. The third kappa shape index (κ3) is 4.95. The Morgan fingerprint density at radius 1 is 1.31 bits per heavy atom. The van der Waals surface area contributed by atoms with Gasteiger partial charge in [0.1, 0.15) is 17.1 Å². The van der Waals surface area contributed by atoms with Crippen LogP contribution in [0.2, 0.25) is 0 Å². The summed E-state index contributed by atoms with van der Waals surface area (Å²) in [5.41, 5.74) is 2.79. The van der Waals surface area contributed by atoms with Crippen molar-refractivity contribution in [3.8, 4) is 5.75 Å². The SMILES string of the molecule is CCOc1ccc2nc(Sc3ccc(C=NNC(=O)c4ccccc4[N+](=O)[O-])o3)sc2c1. The number of carbonyl (C=O) groups excluding carboxylic acids is 1. The fraction of sp³-hybridized carbons (Fsp3) is 0.0952. The minimum atomic E-state index is -0.685. The molecule has 0 aliphatic rings. The van der Waals surface area contributed by atoms with E-state index in [0.717, 1.165) is 20.3 Å². The molecule has 11 heteroatoms. The number of aromatic nitrogens is 1. The Hall–Kier alpha value is -3.70. The highest BCUT2D eigenvalue weighted by Gasteiger charge is 2.18. The number of furan rings is 1. The second kappa shape index (κ2) is 9.62. The lowest BCUT2D eigenvalue weighted by atomic mass is 10.2. The van der Waals surface area contributed by atoms with Gasteiger partial charge in [0.2, 0.25) is 0 Å². The summed E-state index contributed by atoms with van der Waals surface area (Å²) in [5.74, 6) is 0.533. The minimum absolute atomic E-state index is 0.0753. The summed E-state index contributed by atoms with van der Waals surface area (Å²) in [7, 11) is 0. The second-order valence-electron chi connectivity index (χ2n) is 6.27. The van der Waals surface area contributed by atoms with E-state index < -0.39 is 10.8 Å². The molecule has 0 spiro atoms. The molecule has 32 heavy (non-hydrogen) atoms. The van der Waals surface area contributed by atoms with E-state index in [4.69, 9.17) is 9.15 Å². The molecule has 4 rings (SSSR count). The average Bonchev–Trinajstić information content (AvgIpc) is 3.40. The van der Waals surface area contributed by atoms with Crippen molar-refractivity contribution in [1.82, 2.24) is 10.4 Å². The van der Waals surface area contributed by atoms with Crippen molar-refractivity contribution < 1.29 is 18.9 Å². The Labute approximate surface area is 190 Å². The first kappa shape index (κ1) is 21.5. The van der Waals surface area contributed by atoms with Gasteiger partial charge in [-0.05, 0) is 55.1 Å². The molecule has 0 aliphatic carbocycles. The van der Waals surface area contributed by atoms with E-state index in [2.05, 4.69) is 15.5 Å². The lowest BCUT2D eigenvalue weighted by Crippen LogP contribution is -2.18. The molecule has 0 radical (unpaired) electrons. The van der Waals surface area contributed by atoms with Gasteiger partial charge in [-0.25, -0.2) is 10.4 Å². The fourth-order valence-electron chi connectivity index (χ4n) is 2.77. The molecule has 2 aromatic heterocycles. The summed E-state index contributed by atoms with van der Waals surface area (Å²) in [4.78, 5) is 27.2. The largest absolute Gasteiger partial charge is 0.494 e. The average molecular weight is 469 g/mol. The molecule has 2 aromatic carbocycles. The molecule has 4 aromatic rings. The Kier molecular flexibility index (Phi) is 6.47. The zero-order valence-corrected chi connectivity index (χ0v) is 18.3. The number of ether oxygens (including phenoxy) is 1. The highest BCUT2D eigenvalue weighted by molar-refractivity contribution is 8.01. The summed E-state index contributed by atoms with van der Waals surface area (Å²) >= 11 is 2.90. The smallest absolute Gasteiger partial charge is 0.282 e. The summed E-state index contributed by atoms with van der Waals surface area (Å²) in [6, 6.07) is 14.9. The molecule has 9 nitrogen and oxygen atoms in total. The van der Waals surface area contributed by atoms with Crippen LogP contribution < -0.4 is 10.2 Å². The lowest BCUT2D eigenvalue weighted by molar-refractivity contribution is -0.385. The fourth-order valence-corrected chi connectivity index (χ4v) is 4.77. The van der Waals surface area contributed by atoms with Crippen molar-refractivity contribution in [1.29, 1.82) is 0 Å². The first-order valence-corrected chi connectivity index (χ1v) is 11.0. The number of nitrogens with zero attached hydrogens (tertiary/aromatic N) is 3. The third-order valence-electron chi connectivity index (χ3n) is 4.14. The number of hydrazone groups is 1. The molecule has 1 amide bonds. The van der Waals surface area contributed by atoms with Gasteiger partial charge < -0.3 is 9.15 Å². The van der Waals surface area contributed by atoms with E-state index in [1.165, 1.54) is 47.5 Å². The van der Waals surface area contributed by atoms with E-state index in [1.807, 2.05) is 25.1 Å². The number of fused-ring (bicyclic) bond motifs is 1. The number of amides is 1. The van der Waals surface area contributed by atoms with Crippen LogP contribution in [-0.2, 0) is 0 Å². The normalized spacial score (nSPS) is 11.2. The maximum Gasteiger partial charge on any atom is 0.282 e. The molecule has 162 valence electrons. The molecule has 0 bridgehead atoms. The van der Waals surface area contributed by atoms with Crippen molar-refractivity contribution in [2.24, 2.45) is 5.10 Å². The van der Waals surface area contributed by atoms with Gasteiger partial charge in [-0.2, -0.15) is 5.10 Å². The Balaban J connectivity index is 1.40. The number of para-hydroxylation sites is 1. The zero-order valence-electron chi connectivity index (χ0n) is 16.7. The Bertz CT molecular complexity index is 1310. The predicted octanol–water partition coefficient (Wildman–Crippen LogP) is 5.11. The highest BCUT2D eigenvalue weighted by Crippen LogP contribution is 2.36. The Morgan fingerprint density at radius 2 is 2.16 bits per heavy atom. The monoisotopic (exact) mass is 468 g/mol. The number of benzene rings is 2. The van der Waals surface area contributed by atoms with Crippen LogP contribution >= 0.6 is 23.1 Å². The van der Waals surface area contributed by atoms with Crippen molar-refractivity contribution in [2.45, 2.75) is 16.4 Å². The molecule has 2 heterocycles. The van der Waals surface area contributed by atoms with Gasteiger partial charge in [0, 0.05) is 6.07 Å². The lowest BCUT2D eigenvalue weighted by Gasteiger charge is -2.00. The molecule has 0 saturated carbocycles. The summed E-state index contributed by atoms with van der Waals surface area (Å²) in [5, 5.41) is 15.5. The van der Waals surface area contributed by atoms with E-state index >= 15 is 0 Å². The maximum absolute atomic E-state index is 12.2. The first-order valence-electron chi connectivity index (χ1n) is 9.41. The van der Waals surface area contributed by atoms with Crippen LogP contribution in [0, 0.1) is 10.1 Å². The summed E-state index contributed by atoms with van der Waals surface area (Å²) in [6.45, 7) is 2.54. The number of hydrogen-bond donors (Lipinski definition) is 1. The van der Waals surface area contributed by atoms with Gasteiger partial charge in [0.05, 0.1) is 28.0 Å². The van der Waals surface area contributed by atoms with Crippen LogP contribution in [0.5, 0.6) is 5.75 Å². The second-order valence-corrected chi connectivity index (χ2v) is 8.56. The van der Waals surface area contributed by atoms with Gasteiger partial charge >= 0.3 is 0 Å². The minimum Gasteiger partial charge on any atom is -0.494 e. The van der Waals surface area contributed by atoms with Crippen LogP contribution in [0.25, 0.3) is 10.2 Å². The molecular formula is C21H16N4O5S2. The predicted molar refractivity (Wildman–Crippen MR) is 122 cm³/mol. The number of thiazole rings is 1. The van der Waals surface area contributed by atoms with Crippen molar-refractivity contribution in [2.75, 3.05) is 6.61 Å². The summed E-state index contributed by atoms with van der Waals surface area (Å²) in [6.07, 6.45) is 1.32. The molecule has 0 fully saturated rings. The zero-order chi connectivity index (χ0) is 22.5. The van der Waals surface area contributed by atoms with Gasteiger partial charge in [-0.3, -0.25) is 14.9 Å². The van der Waals surface area contributed by atoms with Crippen LogP contribution in [-0.4, -0.2) is 28.6 Å².